The van der Waals surface area contributed by atoms with Gasteiger partial charge in [0, 0.05) is 30.2 Å². The molecule has 0 radical (unpaired) electrons. The van der Waals surface area contributed by atoms with Gasteiger partial charge in [-0.1, -0.05) is 30.3 Å². The Morgan fingerprint density at radius 3 is 2.79 bits per heavy atom. The van der Waals surface area contributed by atoms with Gasteiger partial charge in [0.25, 0.3) is 5.56 Å². The number of nitrogens with zero attached hydrogens (tertiary/aromatic N) is 3. The van der Waals surface area contributed by atoms with Gasteiger partial charge in [0.2, 0.25) is 0 Å². The number of rotatable bonds is 3. The van der Waals surface area contributed by atoms with Crippen molar-refractivity contribution in [2.75, 3.05) is 0 Å². The highest BCUT2D eigenvalue weighted by Gasteiger charge is 2.23. The van der Waals surface area contributed by atoms with Gasteiger partial charge in [-0.25, -0.2) is 4.98 Å². The van der Waals surface area contributed by atoms with Crippen LogP contribution in [-0.2, 0) is 6.42 Å². The minimum absolute atomic E-state index is 0.0104. The van der Waals surface area contributed by atoms with Crippen LogP contribution < -0.4 is 10.3 Å². The van der Waals surface area contributed by atoms with Gasteiger partial charge in [0.1, 0.15) is 6.10 Å². The van der Waals surface area contributed by atoms with Crippen LogP contribution in [0.3, 0.4) is 0 Å². The fourth-order valence-corrected chi connectivity index (χ4v) is 4.17. The van der Waals surface area contributed by atoms with Gasteiger partial charge in [-0.3, -0.25) is 13.8 Å². The van der Waals surface area contributed by atoms with Crippen molar-refractivity contribution in [1.29, 1.82) is 0 Å². The summed E-state index contributed by atoms with van der Waals surface area (Å²) in [6, 6.07) is 15.6. The third-order valence-electron chi connectivity index (χ3n) is 5.83. The maximum atomic E-state index is 12.4. The molecule has 0 aliphatic heterocycles. The average molecular weight is 385 g/mol. The zero-order valence-electron chi connectivity index (χ0n) is 16.6. The van der Waals surface area contributed by atoms with Crippen molar-refractivity contribution in [3.05, 3.63) is 93.8 Å². The first-order valence-corrected chi connectivity index (χ1v) is 10.0. The van der Waals surface area contributed by atoms with Crippen molar-refractivity contribution in [3.63, 3.8) is 0 Å². The number of ether oxygens (including phenoxy) is 1. The van der Waals surface area contributed by atoms with E-state index in [4.69, 9.17) is 9.72 Å². The number of fused-ring (bicyclic) bond motifs is 2. The van der Waals surface area contributed by atoms with Gasteiger partial charge < -0.3 is 4.74 Å². The summed E-state index contributed by atoms with van der Waals surface area (Å²) in [5.74, 6) is 0.705. The van der Waals surface area contributed by atoms with Crippen molar-refractivity contribution < 1.29 is 4.74 Å². The van der Waals surface area contributed by atoms with Gasteiger partial charge in [-0.2, -0.15) is 0 Å². The molecule has 1 aliphatic carbocycles. The van der Waals surface area contributed by atoms with Gasteiger partial charge in [0.15, 0.2) is 11.4 Å². The largest absolute Gasteiger partial charge is 0.482 e. The molecule has 29 heavy (non-hydrogen) atoms. The second kappa shape index (κ2) is 6.92. The van der Waals surface area contributed by atoms with Gasteiger partial charge in [0.05, 0.1) is 11.4 Å². The van der Waals surface area contributed by atoms with E-state index in [0.717, 1.165) is 42.0 Å². The molecular formula is C24H23N3O2. The number of hydrogen-bond donors (Lipinski definition) is 0. The highest BCUT2D eigenvalue weighted by molar-refractivity contribution is 5.60. The number of aromatic nitrogens is 3. The normalized spacial score (nSPS) is 16.0. The Hall–Kier alpha value is -3.34. The molecule has 3 aromatic heterocycles. The molecule has 1 aromatic carbocycles. The van der Waals surface area contributed by atoms with E-state index in [1.165, 1.54) is 11.1 Å². The highest BCUT2D eigenvalue weighted by Crippen LogP contribution is 2.36. The standard InChI is InChI=1S/C24H23N3O2/c1-16-17(2)27-15-19(26-13-6-5-12-23(26)28)14-22(24(27)25-16)29-21-11-7-9-18-8-3-4-10-20(18)21/h3-6,8,10,12-15,21H,7,9,11H2,1-2H3. The third kappa shape index (κ3) is 3.03. The molecule has 1 aliphatic rings. The molecule has 0 spiro atoms. The molecule has 0 saturated heterocycles. The minimum atomic E-state index is -0.0738. The molecular weight excluding hydrogens is 362 g/mol. The van der Waals surface area contributed by atoms with Crippen molar-refractivity contribution in [3.8, 4) is 11.4 Å². The van der Waals surface area contributed by atoms with Crippen molar-refractivity contribution in [1.82, 2.24) is 14.0 Å². The lowest BCUT2D eigenvalue weighted by Crippen LogP contribution is -2.18. The lowest BCUT2D eigenvalue weighted by molar-refractivity contribution is 0.185. The van der Waals surface area contributed by atoms with Crippen molar-refractivity contribution >= 4 is 5.65 Å². The third-order valence-corrected chi connectivity index (χ3v) is 5.83. The number of hydrogen-bond acceptors (Lipinski definition) is 3. The van der Waals surface area contributed by atoms with Crippen LogP contribution in [0.1, 0.15) is 41.5 Å². The summed E-state index contributed by atoms with van der Waals surface area (Å²) in [4.78, 5) is 17.1. The van der Waals surface area contributed by atoms with Gasteiger partial charge in [-0.05, 0) is 50.3 Å². The fourth-order valence-electron chi connectivity index (χ4n) is 4.17. The zero-order valence-corrected chi connectivity index (χ0v) is 16.6. The number of imidazole rings is 1. The Labute approximate surface area is 169 Å². The number of pyridine rings is 2. The van der Waals surface area contributed by atoms with E-state index >= 15 is 0 Å². The lowest BCUT2D eigenvalue weighted by Gasteiger charge is -2.26. The van der Waals surface area contributed by atoms with E-state index in [-0.39, 0.29) is 11.7 Å². The van der Waals surface area contributed by atoms with Crippen LogP contribution in [0.15, 0.2) is 65.7 Å². The van der Waals surface area contributed by atoms with Crippen molar-refractivity contribution in [2.24, 2.45) is 0 Å². The molecule has 0 amide bonds. The predicted molar refractivity (Wildman–Crippen MR) is 113 cm³/mol. The molecule has 4 aromatic rings. The molecule has 5 rings (SSSR count). The quantitative estimate of drug-likeness (QED) is 0.519. The second-order valence-electron chi connectivity index (χ2n) is 7.65. The Kier molecular flexibility index (Phi) is 4.23. The molecule has 5 nitrogen and oxygen atoms in total. The fraction of sp³-hybridized carbons (Fsp3) is 0.250. The zero-order chi connectivity index (χ0) is 20.0. The molecule has 3 heterocycles. The molecule has 0 N–H and O–H groups in total. The second-order valence-corrected chi connectivity index (χ2v) is 7.65. The van der Waals surface area contributed by atoms with Crippen LogP contribution in [0, 0.1) is 13.8 Å². The summed E-state index contributed by atoms with van der Waals surface area (Å²) in [5.41, 5.74) is 6.08. The maximum Gasteiger partial charge on any atom is 0.255 e. The Balaban J connectivity index is 1.67. The van der Waals surface area contributed by atoms with E-state index in [2.05, 4.69) is 24.3 Å². The summed E-state index contributed by atoms with van der Waals surface area (Å²) in [5, 5.41) is 0. The number of benzene rings is 1. The minimum Gasteiger partial charge on any atom is -0.482 e. The summed E-state index contributed by atoms with van der Waals surface area (Å²) >= 11 is 0. The smallest absolute Gasteiger partial charge is 0.255 e. The Morgan fingerprint density at radius 2 is 1.93 bits per heavy atom. The van der Waals surface area contributed by atoms with Gasteiger partial charge >= 0.3 is 0 Å². The summed E-state index contributed by atoms with van der Waals surface area (Å²) in [6.45, 7) is 4.03. The average Bonchev–Trinajstić information content (AvgIpc) is 3.03. The maximum absolute atomic E-state index is 12.4. The van der Waals surface area contributed by atoms with Crippen LogP contribution in [0.5, 0.6) is 5.75 Å². The van der Waals surface area contributed by atoms with Crippen LogP contribution in [-0.4, -0.2) is 14.0 Å². The number of aryl methyl sites for hydroxylation is 3. The SMILES string of the molecule is Cc1nc2c(OC3CCCc4ccccc43)cc(-n3ccccc3=O)cn2c1C. The molecule has 5 heteroatoms. The lowest BCUT2D eigenvalue weighted by atomic mass is 9.89. The van der Waals surface area contributed by atoms with E-state index in [9.17, 15) is 4.79 Å². The highest BCUT2D eigenvalue weighted by atomic mass is 16.5. The van der Waals surface area contributed by atoms with E-state index in [1.807, 2.05) is 36.6 Å². The molecule has 1 unspecified atom stereocenters. The topological polar surface area (TPSA) is 48.5 Å². The molecule has 1 atom stereocenters. The molecule has 0 fully saturated rings. The van der Waals surface area contributed by atoms with Gasteiger partial charge in [-0.15, -0.1) is 0 Å². The van der Waals surface area contributed by atoms with Crippen LogP contribution in [0.4, 0.5) is 0 Å². The molecule has 0 bridgehead atoms. The van der Waals surface area contributed by atoms with Crippen LogP contribution >= 0.6 is 0 Å². The van der Waals surface area contributed by atoms with E-state index in [1.54, 1.807) is 22.9 Å². The molecule has 146 valence electrons. The van der Waals surface area contributed by atoms with Crippen molar-refractivity contribution in [2.45, 2.75) is 39.2 Å². The predicted octanol–water partition coefficient (Wildman–Crippen LogP) is 4.56. The van der Waals surface area contributed by atoms with Crippen LogP contribution in [0.2, 0.25) is 0 Å². The first kappa shape index (κ1) is 17.7. The summed E-state index contributed by atoms with van der Waals surface area (Å²) in [6.07, 6.45) is 6.88. The van der Waals surface area contributed by atoms with E-state index < -0.39 is 0 Å². The first-order valence-electron chi connectivity index (χ1n) is 10.0. The molecule has 0 saturated carbocycles. The van der Waals surface area contributed by atoms with E-state index in [0.29, 0.717) is 5.75 Å². The van der Waals surface area contributed by atoms with Crippen LogP contribution in [0.25, 0.3) is 11.3 Å². The Morgan fingerprint density at radius 1 is 1.10 bits per heavy atom. The summed E-state index contributed by atoms with van der Waals surface area (Å²) < 4.78 is 10.2. The summed E-state index contributed by atoms with van der Waals surface area (Å²) in [7, 11) is 0. The monoisotopic (exact) mass is 385 g/mol. The first-order chi connectivity index (χ1) is 14.1. The Bertz CT molecular complexity index is 1270.